The van der Waals surface area contributed by atoms with Crippen molar-refractivity contribution in [3.63, 3.8) is 0 Å². The number of aromatic nitrogens is 2. The van der Waals surface area contributed by atoms with Crippen molar-refractivity contribution in [2.24, 2.45) is 0 Å². The minimum Gasteiger partial charge on any atom is -0.462 e. The highest BCUT2D eigenvalue weighted by atomic mass is 79.9. The molecule has 2 aromatic carbocycles. The van der Waals surface area contributed by atoms with E-state index in [1.54, 1.807) is 55.5 Å². The van der Waals surface area contributed by atoms with Gasteiger partial charge < -0.3 is 15.4 Å². The van der Waals surface area contributed by atoms with Crippen LogP contribution in [0.25, 0.3) is 0 Å². The Hall–Kier alpha value is -3.53. The molecule has 0 fully saturated rings. The topological polar surface area (TPSA) is 119 Å². The highest BCUT2D eigenvalue weighted by molar-refractivity contribution is 9.10. The second kappa shape index (κ2) is 9.11. The lowest BCUT2D eigenvalue weighted by atomic mass is 10.2. The van der Waals surface area contributed by atoms with Crippen LogP contribution in [0, 0.1) is 10.1 Å². The number of carbonyl (C=O) groups excluding carboxylic acids is 1. The Morgan fingerprint density at radius 1 is 1.10 bits per heavy atom. The Bertz CT molecular complexity index is 1040. The summed E-state index contributed by atoms with van der Waals surface area (Å²) in [5.41, 5.74) is 0.842. The summed E-state index contributed by atoms with van der Waals surface area (Å²) in [5, 5.41) is 17.5. The van der Waals surface area contributed by atoms with Crippen LogP contribution in [0.3, 0.4) is 0 Å². The number of carbonyl (C=O) groups is 1. The van der Waals surface area contributed by atoms with Crippen LogP contribution in [0.5, 0.6) is 0 Å². The molecule has 1 heterocycles. The molecule has 0 radical (unpaired) electrons. The number of esters is 1. The van der Waals surface area contributed by atoms with Gasteiger partial charge in [-0.2, -0.15) is 0 Å². The van der Waals surface area contributed by atoms with Crippen molar-refractivity contribution in [3.8, 4) is 0 Å². The maximum atomic E-state index is 12.2. The van der Waals surface area contributed by atoms with Crippen LogP contribution < -0.4 is 10.6 Å². The van der Waals surface area contributed by atoms with E-state index < -0.39 is 10.9 Å². The molecule has 0 aliphatic rings. The van der Waals surface area contributed by atoms with Gasteiger partial charge in [0, 0.05) is 10.2 Å². The number of hydrogen-bond donors (Lipinski definition) is 2. The Morgan fingerprint density at radius 3 is 2.41 bits per heavy atom. The molecule has 0 amide bonds. The first-order valence-electron chi connectivity index (χ1n) is 8.54. The van der Waals surface area contributed by atoms with Crippen LogP contribution in [-0.4, -0.2) is 27.5 Å². The van der Waals surface area contributed by atoms with Crippen molar-refractivity contribution >= 4 is 50.6 Å². The number of anilines is 4. The third kappa shape index (κ3) is 4.85. The Labute approximate surface area is 174 Å². The average Bonchev–Trinajstić information content (AvgIpc) is 2.70. The summed E-state index contributed by atoms with van der Waals surface area (Å²) in [4.78, 5) is 31.3. The van der Waals surface area contributed by atoms with Gasteiger partial charge >= 0.3 is 11.7 Å². The molecule has 0 saturated heterocycles. The predicted octanol–water partition coefficient (Wildman–Crippen LogP) is 4.81. The van der Waals surface area contributed by atoms with Gasteiger partial charge in [-0.3, -0.25) is 10.1 Å². The maximum Gasteiger partial charge on any atom is 0.353 e. The quantitative estimate of drug-likeness (QED) is 0.294. The molecule has 9 nitrogen and oxygen atoms in total. The molecule has 2 N–H and O–H groups in total. The number of ether oxygens (including phenoxy) is 1. The summed E-state index contributed by atoms with van der Waals surface area (Å²) in [6.07, 6.45) is 1.20. The van der Waals surface area contributed by atoms with E-state index >= 15 is 0 Å². The molecule has 0 unspecified atom stereocenters. The predicted molar refractivity (Wildman–Crippen MR) is 112 cm³/mol. The lowest BCUT2D eigenvalue weighted by Crippen LogP contribution is -2.10. The first-order valence-corrected chi connectivity index (χ1v) is 9.34. The second-order valence-corrected chi connectivity index (χ2v) is 6.62. The summed E-state index contributed by atoms with van der Waals surface area (Å²) in [6.45, 7) is 1.91. The fraction of sp³-hybridized carbons (Fsp3) is 0.105. The molecule has 148 valence electrons. The molecule has 1 aromatic heterocycles. The smallest absolute Gasteiger partial charge is 0.353 e. The van der Waals surface area contributed by atoms with Crippen LogP contribution in [0.4, 0.5) is 28.7 Å². The van der Waals surface area contributed by atoms with E-state index in [1.165, 1.54) is 6.33 Å². The molecule has 3 aromatic rings. The molecule has 3 rings (SSSR count). The molecule has 0 saturated carbocycles. The van der Waals surface area contributed by atoms with E-state index in [0.29, 0.717) is 11.4 Å². The molecule has 0 spiro atoms. The van der Waals surface area contributed by atoms with Gasteiger partial charge in [0.2, 0.25) is 11.6 Å². The molecular formula is C19H16BrN5O4. The zero-order valence-electron chi connectivity index (χ0n) is 15.3. The first-order chi connectivity index (χ1) is 14.0. The van der Waals surface area contributed by atoms with Crippen molar-refractivity contribution in [2.45, 2.75) is 6.92 Å². The van der Waals surface area contributed by atoms with Crippen molar-refractivity contribution in [2.75, 3.05) is 17.2 Å². The van der Waals surface area contributed by atoms with Crippen LogP contribution in [0.2, 0.25) is 0 Å². The fourth-order valence-corrected chi connectivity index (χ4v) is 2.78. The minimum atomic E-state index is -0.587. The van der Waals surface area contributed by atoms with E-state index in [4.69, 9.17) is 4.74 Å². The number of benzene rings is 2. The van der Waals surface area contributed by atoms with Gasteiger partial charge in [0.1, 0.15) is 6.33 Å². The SMILES string of the molecule is CCOC(=O)c1ccccc1Nc1ncnc(Nc2ccc(Br)cc2)c1[N+](=O)[O-]. The summed E-state index contributed by atoms with van der Waals surface area (Å²) >= 11 is 3.34. The van der Waals surface area contributed by atoms with Crippen molar-refractivity contribution in [1.82, 2.24) is 9.97 Å². The lowest BCUT2D eigenvalue weighted by molar-refractivity contribution is -0.383. The van der Waals surface area contributed by atoms with Gasteiger partial charge in [0.15, 0.2) is 0 Å². The Kier molecular flexibility index (Phi) is 6.35. The van der Waals surface area contributed by atoms with E-state index in [-0.39, 0.29) is 29.5 Å². The highest BCUT2D eigenvalue weighted by Crippen LogP contribution is 2.34. The summed E-state index contributed by atoms with van der Waals surface area (Å²) in [7, 11) is 0. The average molecular weight is 458 g/mol. The molecule has 0 aliphatic carbocycles. The van der Waals surface area contributed by atoms with E-state index in [1.807, 2.05) is 0 Å². The summed E-state index contributed by atoms with van der Waals surface area (Å²) < 4.78 is 5.91. The van der Waals surface area contributed by atoms with Crippen LogP contribution in [0.1, 0.15) is 17.3 Å². The van der Waals surface area contributed by atoms with E-state index in [9.17, 15) is 14.9 Å². The van der Waals surface area contributed by atoms with Crippen molar-refractivity contribution in [1.29, 1.82) is 0 Å². The monoisotopic (exact) mass is 457 g/mol. The third-order valence-corrected chi connectivity index (χ3v) is 4.32. The molecule has 0 aliphatic heterocycles. The van der Waals surface area contributed by atoms with Gasteiger partial charge in [-0.25, -0.2) is 14.8 Å². The summed E-state index contributed by atoms with van der Waals surface area (Å²) in [6, 6.07) is 13.6. The number of para-hydroxylation sites is 1. The number of nitrogens with zero attached hydrogens (tertiary/aromatic N) is 3. The Morgan fingerprint density at radius 2 is 1.76 bits per heavy atom. The minimum absolute atomic E-state index is 0.0171. The van der Waals surface area contributed by atoms with Crippen LogP contribution in [0.15, 0.2) is 59.3 Å². The van der Waals surface area contributed by atoms with Gasteiger partial charge in [0.25, 0.3) is 0 Å². The fourth-order valence-electron chi connectivity index (χ4n) is 2.51. The van der Waals surface area contributed by atoms with Crippen molar-refractivity contribution < 1.29 is 14.5 Å². The van der Waals surface area contributed by atoms with Gasteiger partial charge in [-0.15, -0.1) is 0 Å². The molecule has 29 heavy (non-hydrogen) atoms. The number of nitro groups is 1. The number of nitrogens with one attached hydrogen (secondary N) is 2. The first kappa shape index (κ1) is 20.2. The lowest BCUT2D eigenvalue weighted by Gasteiger charge is -2.12. The van der Waals surface area contributed by atoms with E-state index in [2.05, 4.69) is 36.5 Å². The van der Waals surface area contributed by atoms with Gasteiger partial charge in [-0.1, -0.05) is 28.1 Å². The number of halogens is 1. The molecular weight excluding hydrogens is 442 g/mol. The standard InChI is InChI=1S/C19H16BrN5O4/c1-2-29-19(26)14-5-3-4-6-15(14)24-18-16(25(27)28)17(21-11-22-18)23-13-9-7-12(20)8-10-13/h3-11H,2H2,1H3,(H2,21,22,23,24). The van der Waals surface area contributed by atoms with Crippen LogP contribution in [-0.2, 0) is 4.74 Å². The largest absolute Gasteiger partial charge is 0.462 e. The second-order valence-electron chi connectivity index (χ2n) is 5.70. The molecule has 0 atom stereocenters. The van der Waals surface area contributed by atoms with E-state index in [0.717, 1.165) is 4.47 Å². The third-order valence-electron chi connectivity index (χ3n) is 3.79. The number of rotatable bonds is 7. The van der Waals surface area contributed by atoms with Gasteiger partial charge in [0.05, 0.1) is 22.8 Å². The molecule has 10 heteroatoms. The van der Waals surface area contributed by atoms with Crippen LogP contribution >= 0.6 is 15.9 Å². The highest BCUT2D eigenvalue weighted by Gasteiger charge is 2.24. The zero-order valence-corrected chi connectivity index (χ0v) is 16.8. The zero-order chi connectivity index (χ0) is 20.8. The normalized spacial score (nSPS) is 10.3. The Balaban J connectivity index is 1.98. The molecule has 0 bridgehead atoms. The summed E-state index contributed by atoms with van der Waals surface area (Å²) in [5.74, 6) is -0.578. The number of hydrogen-bond acceptors (Lipinski definition) is 8. The van der Waals surface area contributed by atoms with Gasteiger partial charge in [-0.05, 0) is 43.3 Å². The maximum absolute atomic E-state index is 12.2. The van der Waals surface area contributed by atoms with Crippen molar-refractivity contribution in [3.05, 3.63) is 75.0 Å².